The van der Waals surface area contributed by atoms with Gasteiger partial charge in [-0.05, 0) is 48.5 Å². The molecule has 7 heteroatoms. The highest BCUT2D eigenvalue weighted by Crippen LogP contribution is 2.39. The van der Waals surface area contributed by atoms with E-state index in [0.717, 1.165) is 82.4 Å². The molecule has 0 aliphatic rings. The molecular formula is C44H26N6O. The van der Waals surface area contributed by atoms with Crippen LogP contribution in [0.5, 0.6) is 0 Å². The first-order valence-electron chi connectivity index (χ1n) is 16.9. The number of benzene rings is 6. The van der Waals surface area contributed by atoms with Crippen LogP contribution in [0.2, 0.25) is 0 Å². The van der Waals surface area contributed by atoms with Crippen molar-refractivity contribution in [2.75, 3.05) is 0 Å². The van der Waals surface area contributed by atoms with Gasteiger partial charge in [-0.25, -0.2) is 4.98 Å². The maximum Gasteiger partial charge on any atom is 0.238 e. The predicted octanol–water partition coefficient (Wildman–Crippen LogP) is 10.7. The van der Waals surface area contributed by atoms with Gasteiger partial charge in [0.25, 0.3) is 0 Å². The van der Waals surface area contributed by atoms with Gasteiger partial charge in [-0.3, -0.25) is 9.55 Å². The summed E-state index contributed by atoms with van der Waals surface area (Å²) in [7, 11) is 0. The number of pyridine rings is 1. The maximum atomic E-state index is 6.31. The molecule has 11 rings (SSSR count). The molecule has 0 atom stereocenters. The van der Waals surface area contributed by atoms with Gasteiger partial charge in [0.1, 0.15) is 11.2 Å². The molecule has 0 spiro atoms. The fourth-order valence-corrected chi connectivity index (χ4v) is 7.74. The van der Waals surface area contributed by atoms with Gasteiger partial charge in [0.15, 0.2) is 11.6 Å². The smallest absolute Gasteiger partial charge is 0.238 e. The zero-order valence-electron chi connectivity index (χ0n) is 27.1. The molecule has 0 saturated heterocycles. The number of hydrogen-bond donors (Lipinski definition) is 0. The van der Waals surface area contributed by atoms with Crippen molar-refractivity contribution in [1.29, 1.82) is 0 Å². The maximum absolute atomic E-state index is 6.31. The highest BCUT2D eigenvalue weighted by atomic mass is 16.3. The minimum absolute atomic E-state index is 0.538. The third-order valence-electron chi connectivity index (χ3n) is 9.91. The number of hydrogen-bond acceptors (Lipinski definition) is 5. The Labute approximate surface area is 290 Å². The molecular weight excluding hydrogens is 629 g/mol. The molecule has 7 nitrogen and oxygen atoms in total. The van der Waals surface area contributed by atoms with Gasteiger partial charge in [0, 0.05) is 49.6 Å². The minimum Gasteiger partial charge on any atom is -0.456 e. The monoisotopic (exact) mass is 654 g/mol. The Hall–Kier alpha value is -7.12. The van der Waals surface area contributed by atoms with Crippen LogP contribution in [0.15, 0.2) is 162 Å². The van der Waals surface area contributed by atoms with Crippen LogP contribution in [-0.2, 0) is 0 Å². The van der Waals surface area contributed by atoms with E-state index in [4.69, 9.17) is 19.4 Å². The number of para-hydroxylation sites is 5. The summed E-state index contributed by atoms with van der Waals surface area (Å²) >= 11 is 0. The summed E-state index contributed by atoms with van der Waals surface area (Å²) in [5, 5.41) is 6.55. The molecule has 0 bridgehead atoms. The van der Waals surface area contributed by atoms with Gasteiger partial charge in [-0.15, -0.1) is 0 Å². The number of aromatic nitrogens is 6. The van der Waals surface area contributed by atoms with Crippen molar-refractivity contribution in [1.82, 2.24) is 29.1 Å². The number of fused-ring (bicyclic) bond motifs is 9. The van der Waals surface area contributed by atoms with E-state index < -0.39 is 0 Å². The first-order valence-corrected chi connectivity index (χ1v) is 16.9. The van der Waals surface area contributed by atoms with Crippen molar-refractivity contribution < 1.29 is 4.42 Å². The summed E-state index contributed by atoms with van der Waals surface area (Å²) < 4.78 is 10.7. The van der Waals surface area contributed by atoms with Gasteiger partial charge < -0.3 is 8.98 Å². The molecule has 0 aliphatic heterocycles. The van der Waals surface area contributed by atoms with E-state index in [1.807, 2.05) is 48.8 Å². The van der Waals surface area contributed by atoms with Gasteiger partial charge in [0.05, 0.1) is 34.0 Å². The van der Waals surface area contributed by atoms with E-state index in [2.05, 4.69) is 123 Å². The summed E-state index contributed by atoms with van der Waals surface area (Å²) in [5.41, 5.74) is 8.45. The predicted molar refractivity (Wildman–Crippen MR) is 204 cm³/mol. The average Bonchev–Trinajstić information content (AvgIpc) is 3.86. The molecule has 5 aromatic heterocycles. The van der Waals surface area contributed by atoms with Gasteiger partial charge in [0.2, 0.25) is 5.95 Å². The summed E-state index contributed by atoms with van der Waals surface area (Å²) in [6.07, 6.45) is 3.78. The van der Waals surface area contributed by atoms with E-state index in [1.54, 1.807) is 0 Å². The van der Waals surface area contributed by atoms with Crippen LogP contribution in [0.1, 0.15) is 0 Å². The molecule has 0 aliphatic carbocycles. The second-order valence-electron chi connectivity index (χ2n) is 12.7. The minimum atomic E-state index is 0.538. The fraction of sp³-hybridized carbons (Fsp3) is 0. The average molecular weight is 655 g/mol. The first kappa shape index (κ1) is 27.8. The quantitative estimate of drug-likeness (QED) is 0.189. The van der Waals surface area contributed by atoms with Crippen LogP contribution in [-0.4, -0.2) is 29.1 Å². The topological polar surface area (TPSA) is 74.6 Å². The van der Waals surface area contributed by atoms with Gasteiger partial charge in [-0.2, -0.15) is 9.97 Å². The third kappa shape index (κ3) is 4.06. The number of rotatable bonds is 4. The first-order chi connectivity index (χ1) is 25.3. The lowest BCUT2D eigenvalue weighted by Crippen LogP contribution is -2.08. The summed E-state index contributed by atoms with van der Waals surface area (Å²) in [5.74, 6) is 1.66. The Kier molecular flexibility index (Phi) is 5.83. The normalized spacial score (nSPS) is 11.9. The van der Waals surface area contributed by atoms with E-state index in [9.17, 15) is 0 Å². The van der Waals surface area contributed by atoms with Crippen LogP contribution < -0.4 is 0 Å². The molecule has 0 radical (unpaired) electrons. The zero-order chi connectivity index (χ0) is 33.5. The SMILES string of the molecule is c1ccc(-n2c3ccccc3c3ccncc32)c(-c2nc(-c3cccc4oc5ccccc5c34)nc(-n3c4ccccc4c4ccccc43)n2)c1. The van der Waals surface area contributed by atoms with Crippen molar-refractivity contribution in [3.8, 4) is 34.4 Å². The molecule has 0 N–H and O–H groups in total. The number of nitrogens with zero attached hydrogens (tertiary/aromatic N) is 6. The Morgan fingerprint density at radius 1 is 0.412 bits per heavy atom. The van der Waals surface area contributed by atoms with Crippen LogP contribution in [0.25, 0.3) is 100.0 Å². The molecule has 0 fully saturated rings. The molecule has 0 saturated carbocycles. The van der Waals surface area contributed by atoms with Gasteiger partial charge >= 0.3 is 0 Å². The Morgan fingerprint density at radius 2 is 0.961 bits per heavy atom. The lowest BCUT2D eigenvalue weighted by Gasteiger charge is -2.15. The van der Waals surface area contributed by atoms with E-state index >= 15 is 0 Å². The largest absolute Gasteiger partial charge is 0.456 e. The highest BCUT2D eigenvalue weighted by molar-refractivity contribution is 6.12. The molecule has 0 amide bonds. The highest BCUT2D eigenvalue weighted by Gasteiger charge is 2.22. The summed E-state index contributed by atoms with van der Waals surface area (Å²) in [6, 6.07) is 49.9. The Bertz CT molecular complexity index is 3060. The molecule has 0 unspecified atom stereocenters. The summed E-state index contributed by atoms with van der Waals surface area (Å²) in [6.45, 7) is 0. The van der Waals surface area contributed by atoms with Crippen molar-refractivity contribution in [3.63, 3.8) is 0 Å². The lowest BCUT2D eigenvalue weighted by atomic mass is 10.1. The van der Waals surface area contributed by atoms with Crippen LogP contribution in [0.3, 0.4) is 0 Å². The molecule has 51 heavy (non-hydrogen) atoms. The second kappa shape index (κ2) is 10.7. The van der Waals surface area contributed by atoms with Crippen LogP contribution in [0, 0.1) is 0 Å². The molecule has 11 aromatic rings. The lowest BCUT2D eigenvalue weighted by molar-refractivity contribution is 0.669. The van der Waals surface area contributed by atoms with Crippen LogP contribution in [0.4, 0.5) is 0 Å². The van der Waals surface area contributed by atoms with Crippen molar-refractivity contribution in [2.45, 2.75) is 0 Å². The van der Waals surface area contributed by atoms with E-state index in [-0.39, 0.29) is 0 Å². The molecule has 238 valence electrons. The van der Waals surface area contributed by atoms with Crippen molar-refractivity contribution in [3.05, 3.63) is 158 Å². The second-order valence-corrected chi connectivity index (χ2v) is 12.7. The summed E-state index contributed by atoms with van der Waals surface area (Å²) in [4.78, 5) is 20.4. The Morgan fingerprint density at radius 3 is 1.71 bits per heavy atom. The van der Waals surface area contributed by atoms with E-state index in [0.29, 0.717) is 17.6 Å². The molecule has 5 heterocycles. The third-order valence-corrected chi connectivity index (χ3v) is 9.91. The number of furan rings is 1. The van der Waals surface area contributed by atoms with Gasteiger partial charge in [-0.1, -0.05) is 97.1 Å². The van der Waals surface area contributed by atoms with E-state index in [1.165, 1.54) is 0 Å². The fourth-order valence-electron chi connectivity index (χ4n) is 7.74. The zero-order valence-corrected chi connectivity index (χ0v) is 27.1. The van der Waals surface area contributed by atoms with Crippen LogP contribution >= 0.6 is 0 Å². The Balaban J connectivity index is 1.25. The van der Waals surface area contributed by atoms with Crippen molar-refractivity contribution in [2.24, 2.45) is 0 Å². The van der Waals surface area contributed by atoms with Crippen molar-refractivity contribution >= 4 is 65.6 Å². The molecule has 6 aromatic carbocycles. The standard InChI is InChI=1S/C44H26N6O/c1-6-18-34-29(14-1)30-24-25-45-26-38(30)49(34)37-21-9-4-15-31(37)42-46-43(33-17-11-23-40-41(33)32-16-5-10-22-39(32)51-40)48-44(47-42)50-35-19-7-2-12-27(35)28-13-3-8-20-36(28)50/h1-26H.